The molecule has 2 heterocycles. The number of halogens is 1. The first-order chi connectivity index (χ1) is 15.2. The molecule has 2 aliphatic rings. The van der Waals surface area contributed by atoms with Crippen LogP contribution in [0.4, 0.5) is 0 Å². The molecule has 0 saturated carbocycles. The summed E-state index contributed by atoms with van der Waals surface area (Å²) in [4.78, 5) is 0. The summed E-state index contributed by atoms with van der Waals surface area (Å²) in [5, 5.41) is 7.73. The van der Waals surface area contributed by atoms with Crippen molar-refractivity contribution in [3.8, 4) is 17.2 Å². The lowest BCUT2D eigenvalue weighted by Gasteiger charge is -2.38. The van der Waals surface area contributed by atoms with Crippen LogP contribution in [0.25, 0.3) is 0 Å². The minimum absolute atomic E-state index is 0.0419. The first kappa shape index (κ1) is 19.8. The molecule has 2 atom stereocenters. The molecule has 5 nitrogen and oxygen atoms in total. The molecule has 0 aromatic heterocycles. The van der Waals surface area contributed by atoms with Crippen molar-refractivity contribution in [2.45, 2.75) is 25.6 Å². The highest BCUT2D eigenvalue weighted by atomic mass is 35.5. The molecule has 0 radical (unpaired) electrons. The van der Waals surface area contributed by atoms with Gasteiger partial charge < -0.3 is 14.2 Å². The van der Waals surface area contributed by atoms with Crippen molar-refractivity contribution in [2.24, 2.45) is 5.10 Å². The van der Waals surface area contributed by atoms with E-state index >= 15 is 0 Å². The number of hydrogen-bond acceptors (Lipinski definition) is 5. The zero-order chi connectivity index (χ0) is 21.4. The molecule has 2 aliphatic heterocycles. The molecule has 0 saturated heterocycles. The topological polar surface area (TPSA) is 43.3 Å². The van der Waals surface area contributed by atoms with Gasteiger partial charge in [0.25, 0.3) is 0 Å². The molecular formula is C25H23ClN2O3. The van der Waals surface area contributed by atoms with Gasteiger partial charge in [0.15, 0.2) is 0 Å². The second-order valence-electron chi connectivity index (χ2n) is 7.53. The van der Waals surface area contributed by atoms with Gasteiger partial charge in [-0.1, -0.05) is 23.7 Å². The van der Waals surface area contributed by atoms with Crippen molar-refractivity contribution in [1.29, 1.82) is 0 Å². The summed E-state index contributed by atoms with van der Waals surface area (Å²) in [7, 11) is 1.67. The van der Waals surface area contributed by atoms with Gasteiger partial charge in [0.2, 0.25) is 6.23 Å². The number of rotatable bonds is 5. The number of hydrogen-bond donors (Lipinski definition) is 0. The Morgan fingerprint density at radius 3 is 2.68 bits per heavy atom. The van der Waals surface area contributed by atoms with Crippen LogP contribution in [0.2, 0.25) is 5.02 Å². The van der Waals surface area contributed by atoms with E-state index in [0.717, 1.165) is 46.1 Å². The maximum absolute atomic E-state index is 6.41. The van der Waals surface area contributed by atoms with Gasteiger partial charge in [0.1, 0.15) is 17.2 Å². The molecule has 0 aliphatic carbocycles. The lowest BCUT2D eigenvalue weighted by molar-refractivity contribution is -0.0190. The van der Waals surface area contributed by atoms with E-state index in [4.69, 9.17) is 30.9 Å². The zero-order valence-electron chi connectivity index (χ0n) is 17.4. The molecule has 31 heavy (non-hydrogen) atoms. The Morgan fingerprint density at radius 1 is 1.06 bits per heavy atom. The summed E-state index contributed by atoms with van der Waals surface area (Å²) in [5.41, 5.74) is 4.11. The largest absolute Gasteiger partial charge is 0.497 e. The van der Waals surface area contributed by atoms with Crippen LogP contribution in [-0.4, -0.2) is 24.4 Å². The normalized spacial score (nSPS) is 19.2. The molecular weight excluding hydrogens is 412 g/mol. The molecule has 0 bridgehead atoms. The summed E-state index contributed by atoms with van der Waals surface area (Å²) in [6.45, 7) is 2.61. The Labute approximate surface area is 186 Å². The molecule has 158 valence electrons. The summed E-state index contributed by atoms with van der Waals surface area (Å²) >= 11 is 6.32. The van der Waals surface area contributed by atoms with Crippen LogP contribution in [-0.2, 0) is 0 Å². The van der Waals surface area contributed by atoms with Gasteiger partial charge in [-0.3, -0.25) is 0 Å². The Balaban J connectivity index is 1.55. The van der Waals surface area contributed by atoms with Crippen LogP contribution >= 0.6 is 11.6 Å². The summed E-state index contributed by atoms with van der Waals surface area (Å²) in [6.07, 6.45) is 0.426. The van der Waals surface area contributed by atoms with Crippen molar-refractivity contribution in [2.75, 3.05) is 13.7 Å². The van der Waals surface area contributed by atoms with Gasteiger partial charge in [-0.15, -0.1) is 0 Å². The van der Waals surface area contributed by atoms with Crippen molar-refractivity contribution in [3.05, 3.63) is 88.4 Å². The van der Waals surface area contributed by atoms with Crippen molar-refractivity contribution in [3.63, 3.8) is 0 Å². The Morgan fingerprint density at radius 2 is 1.90 bits per heavy atom. The van der Waals surface area contributed by atoms with Crippen LogP contribution in [0.3, 0.4) is 0 Å². The predicted molar refractivity (Wildman–Crippen MR) is 121 cm³/mol. The Kier molecular flexibility index (Phi) is 5.20. The summed E-state index contributed by atoms with van der Waals surface area (Å²) in [5.74, 6) is 2.49. The Bertz CT molecular complexity index is 1130. The van der Waals surface area contributed by atoms with Crippen molar-refractivity contribution < 1.29 is 14.2 Å². The average Bonchev–Trinajstić information content (AvgIpc) is 3.25. The number of nitrogens with zero attached hydrogens (tertiary/aromatic N) is 2. The monoisotopic (exact) mass is 434 g/mol. The molecule has 6 heteroatoms. The molecule has 0 fully saturated rings. The third kappa shape index (κ3) is 3.70. The van der Waals surface area contributed by atoms with Gasteiger partial charge in [0, 0.05) is 28.1 Å². The lowest BCUT2D eigenvalue weighted by atomic mass is 9.96. The van der Waals surface area contributed by atoms with E-state index in [1.54, 1.807) is 7.11 Å². The standard InChI is InChI=1S/C25H23ClN2O3/c1-3-30-19-10-7-16(8-11-19)25-28-23(21-14-18(26)9-12-24(21)31-25)15-22(27-28)17-5-4-6-20(13-17)29-2/h4-14,23,25H,3,15H2,1-2H3/t23-,25+/m1/s1. The third-order valence-corrected chi connectivity index (χ3v) is 5.87. The van der Waals surface area contributed by atoms with Gasteiger partial charge in [0.05, 0.1) is 25.5 Å². The molecule has 0 amide bonds. The second-order valence-corrected chi connectivity index (χ2v) is 7.97. The van der Waals surface area contributed by atoms with Crippen LogP contribution < -0.4 is 14.2 Å². The molecule has 3 aromatic carbocycles. The maximum atomic E-state index is 6.41. The summed E-state index contributed by atoms with van der Waals surface area (Å²) in [6, 6.07) is 21.8. The first-order valence-corrected chi connectivity index (χ1v) is 10.7. The van der Waals surface area contributed by atoms with E-state index in [1.165, 1.54) is 0 Å². The van der Waals surface area contributed by atoms with E-state index in [-0.39, 0.29) is 12.3 Å². The van der Waals surface area contributed by atoms with E-state index in [2.05, 4.69) is 6.07 Å². The van der Waals surface area contributed by atoms with Crippen LogP contribution in [0.1, 0.15) is 42.3 Å². The number of ether oxygens (including phenoxy) is 3. The average molecular weight is 435 g/mol. The number of hydrazone groups is 1. The van der Waals surface area contributed by atoms with E-state index in [1.807, 2.05) is 72.6 Å². The molecule has 0 N–H and O–H groups in total. The van der Waals surface area contributed by atoms with Gasteiger partial charge in [-0.05, 0) is 61.5 Å². The fourth-order valence-corrected chi connectivity index (χ4v) is 4.33. The highest BCUT2D eigenvalue weighted by Gasteiger charge is 2.41. The van der Waals surface area contributed by atoms with E-state index in [0.29, 0.717) is 11.6 Å². The van der Waals surface area contributed by atoms with Gasteiger partial charge in [-0.25, -0.2) is 5.01 Å². The Hall–Kier alpha value is -3.18. The smallest absolute Gasteiger partial charge is 0.213 e. The van der Waals surface area contributed by atoms with E-state index in [9.17, 15) is 0 Å². The fraction of sp³-hybridized carbons (Fsp3) is 0.240. The highest BCUT2D eigenvalue weighted by molar-refractivity contribution is 6.30. The van der Waals surface area contributed by atoms with Gasteiger partial charge in [-0.2, -0.15) is 5.10 Å². The van der Waals surface area contributed by atoms with Crippen LogP contribution in [0, 0.1) is 0 Å². The van der Waals surface area contributed by atoms with Crippen molar-refractivity contribution >= 4 is 17.3 Å². The number of methoxy groups -OCH3 is 1. The highest BCUT2D eigenvalue weighted by Crippen LogP contribution is 2.48. The second kappa shape index (κ2) is 8.16. The van der Waals surface area contributed by atoms with E-state index < -0.39 is 0 Å². The molecule has 0 unspecified atom stereocenters. The third-order valence-electron chi connectivity index (χ3n) is 5.63. The lowest BCUT2D eigenvalue weighted by Crippen LogP contribution is -2.33. The first-order valence-electron chi connectivity index (χ1n) is 10.4. The number of benzene rings is 3. The van der Waals surface area contributed by atoms with Crippen LogP contribution in [0.15, 0.2) is 71.8 Å². The zero-order valence-corrected chi connectivity index (χ0v) is 18.2. The minimum atomic E-state index is -0.336. The maximum Gasteiger partial charge on any atom is 0.213 e. The molecule has 3 aromatic rings. The quantitative estimate of drug-likeness (QED) is 0.494. The SMILES string of the molecule is CCOc1ccc([C@@H]2Oc3ccc(Cl)cc3[C@H]3CC(c4cccc(OC)c4)=NN32)cc1. The summed E-state index contributed by atoms with van der Waals surface area (Å²) < 4.78 is 17.4. The van der Waals surface area contributed by atoms with Gasteiger partial charge >= 0.3 is 0 Å². The molecule has 5 rings (SSSR count). The fourth-order valence-electron chi connectivity index (χ4n) is 4.15. The number of fused-ring (bicyclic) bond motifs is 3. The predicted octanol–water partition coefficient (Wildman–Crippen LogP) is 5.99. The molecule has 0 spiro atoms. The minimum Gasteiger partial charge on any atom is -0.497 e. The van der Waals surface area contributed by atoms with Crippen molar-refractivity contribution in [1.82, 2.24) is 5.01 Å². The van der Waals surface area contributed by atoms with Crippen LogP contribution in [0.5, 0.6) is 17.2 Å².